The molecule has 0 radical (unpaired) electrons. The van der Waals surface area contributed by atoms with Crippen molar-refractivity contribution in [3.05, 3.63) is 48.3 Å². The molecule has 0 amide bonds. The van der Waals surface area contributed by atoms with Gasteiger partial charge in [-0.15, -0.1) is 11.8 Å². The van der Waals surface area contributed by atoms with Crippen molar-refractivity contribution in [2.24, 2.45) is 5.92 Å². The maximum atomic E-state index is 10.2. The van der Waals surface area contributed by atoms with Crippen molar-refractivity contribution in [3.8, 4) is 0 Å². The first-order chi connectivity index (χ1) is 11.3. The molecule has 2 N–H and O–H groups in total. The Hall–Kier alpha value is -1.59. The molecular weight excluding hydrogens is 306 g/mol. The van der Waals surface area contributed by atoms with Gasteiger partial charge in [-0.3, -0.25) is 4.98 Å². The monoisotopic (exact) mass is 329 g/mol. The number of nitrogens with one attached hydrogen (secondary N) is 1. The highest BCUT2D eigenvalue weighted by atomic mass is 32.2. The fraction of sp³-hybridized carbons (Fsp3) is 0.444. The molecule has 1 aromatic carbocycles. The number of thioether (sulfide) groups is 1. The fourth-order valence-electron chi connectivity index (χ4n) is 2.95. The van der Waals surface area contributed by atoms with Gasteiger partial charge >= 0.3 is 0 Å². The standard InChI is InChI=1S/C18H23N3OS/c22-16(15-8-4-5-9-15)10-20-17-11-19-12-18(21-17)23-13-14-6-2-1-3-7-14/h1-3,6-7,11-12,15-16,22H,4-5,8-10,13H2,(H,20,21). The molecule has 1 aliphatic rings. The minimum Gasteiger partial charge on any atom is -0.391 e. The molecule has 2 aromatic rings. The van der Waals surface area contributed by atoms with Crippen molar-refractivity contribution in [1.82, 2.24) is 9.97 Å². The van der Waals surface area contributed by atoms with E-state index in [1.165, 1.54) is 18.4 Å². The summed E-state index contributed by atoms with van der Waals surface area (Å²) in [6.45, 7) is 0.548. The zero-order chi connectivity index (χ0) is 15.9. The van der Waals surface area contributed by atoms with E-state index in [4.69, 9.17) is 0 Å². The van der Waals surface area contributed by atoms with Crippen LogP contribution < -0.4 is 5.32 Å². The zero-order valence-electron chi connectivity index (χ0n) is 13.2. The smallest absolute Gasteiger partial charge is 0.145 e. The van der Waals surface area contributed by atoms with Gasteiger partial charge in [0.1, 0.15) is 10.8 Å². The summed E-state index contributed by atoms with van der Waals surface area (Å²) in [5.41, 5.74) is 1.27. The van der Waals surface area contributed by atoms with Crippen molar-refractivity contribution in [1.29, 1.82) is 0 Å². The van der Waals surface area contributed by atoms with Crippen LogP contribution in [-0.4, -0.2) is 27.7 Å². The van der Waals surface area contributed by atoms with Crippen LogP contribution >= 0.6 is 11.8 Å². The van der Waals surface area contributed by atoms with Crippen LogP contribution in [0, 0.1) is 5.92 Å². The summed E-state index contributed by atoms with van der Waals surface area (Å²) in [7, 11) is 0. The molecular formula is C18H23N3OS. The lowest BCUT2D eigenvalue weighted by atomic mass is 10.0. The summed E-state index contributed by atoms with van der Waals surface area (Å²) in [5.74, 6) is 2.05. The molecule has 0 saturated heterocycles. The number of hydrogen-bond donors (Lipinski definition) is 2. The number of aliphatic hydroxyl groups is 1. The van der Waals surface area contributed by atoms with Crippen LogP contribution in [0.1, 0.15) is 31.2 Å². The van der Waals surface area contributed by atoms with Gasteiger partial charge in [-0.1, -0.05) is 43.2 Å². The quantitative estimate of drug-likeness (QED) is 0.758. The minimum absolute atomic E-state index is 0.292. The molecule has 4 nitrogen and oxygen atoms in total. The Morgan fingerprint density at radius 3 is 2.74 bits per heavy atom. The first-order valence-electron chi connectivity index (χ1n) is 8.22. The summed E-state index contributed by atoms with van der Waals surface area (Å²) >= 11 is 1.67. The average Bonchev–Trinajstić information content (AvgIpc) is 3.14. The maximum Gasteiger partial charge on any atom is 0.145 e. The van der Waals surface area contributed by atoms with Crippen LogP contribution in [0.5, 0.6) is 0 Å². The Morgan fingerprint density at radius 1 is 1.17 bits per heavy atom. The van der Waals surface area contributed by atoms with Crippen molar-refractivity contribution < 1.29 is 5.11 Å². The predicted molar refractivity (Wildman–Crippen MR) is 94.5 cm³/mol. The summed E-state index contributed by atoms with van der Waals surface area (Å²) in [6, 6.07) is 10.3. The molecule has 1 saturated carbocycles. The number of hydrogen-bond acceptors (Lipinski definition) is 5. The Morgan fingerprint density at radius 2 is 1.96 bits per heavy atom. The Kier molecular flexibility index (Phi) is 5.88. The van der Waals surface area contributed by atoms with E-state index >= 15 is 0 Å². The van der Waals surface area contributed by atoms with Gasteiger partial charge in [-0.05, 0) is 24.3 Å². The Labute approximate surface area is 141 Å². The second-order valence-corrected chi connectivity index (χ2v) is 7.01. The molecule has 0 aliphatic heterocycles. The number of rotatable bonds is 7. The molecule has 1 fully saturated rings. The second-order valence-electron chi connectivity index (χ2n) is 6.01. The van der Waals surface area contributed by atoms with Gasteiger partial charge in [-0.25, -0.2) is 4.98 Å². The lowest BCUT2D eigenvalue weighted by molar-refractivity contribution is 0.122. The van der Waals surface area contributed by atoms with Gasteiger partial charge in [0, 0.05) is 12.3 Å². The van der Waals surface area contributed by atoms with Crippen molar-refractivity contribution in [2.75, 3.05) is 11.9 Å². The van der Waals surface area contributed by atoms with Gasteiger partial charge in [0.25, 0.3) is 0 Å². The molecule has 3 rings (SSSR count). The third-order valence-electron chi connectivity index (χ3n) is 4.28. The van der Waals surface area contributed by atoms with Crippen LogP contribution in [-0.2, 0) is 5.75 Å². The summed E-state index contributed by atoms with van der Waals surface area (Å²) in [5, 5.41) is 14.3. The van der Waals surface area contributed by atoms with E-state index in [2.05, 4.69) is 27.4 Å². The normalized spacial score (nSPS) is 16.4. The lowest BCUT2D eigenvalue weighted by Gasteiger charge is -2.18. The maximum absolute atomic E-state index is 10.2. The van der Waals surface area contributed by atoms with Gasteiger partial charge in [0.15, 0.2) is 0 Å². The van der Waals surface area contributed by atoms with Crippen molar-refractivity contribution in [2.45, 2.75) is 42.6 Å². The first-order valence-corrected chi connectivity index (χ1v) is 9.20. The Bertz CT molecular complexity index is 602. The second kappa shape index (κ2) is 8.31. The third-order valence-corrected chi connectivity index (χ3v) is 5.25. The van der Waals surface area contributed by atoms with E-state index in [0.29, 0.717) is 12.5 Å². The van der Waals surface area contributed by atoms with Crippen LogP contribution in [0.3, 0.4) is 0 Å². The molecule has 5 heteroatoms. The van der Waals surface area contributed by atoms with E-state index in [1.54, 1.807) is 24.2 Å². The minimum atomic E-state index is -0.292. The zero-order valence-corrected chi connectivity index (χ0v) is 14.0. The van der Waals surface area contributed by atoms with Crippen LogP contribution in [0.25, 0.3) is 0 Å². The van der Waals surface area contributed by atoms with E-state index in [-0.39, 0.29) is 6.10 Å². The molecule has 1 heterocycles. The highest BCUT2D eigenvalue weighted by Crippen LogP contribution is 2.28. The number of aliphatic hydroxyl groups excluding tert-OH is 1. The SMILES string of the molecule is OC(CNc1cncc(SCc2ccccc2)n1)C1CCCC1. The van der Waals surface area contributed by atoms with Crippen molar-refractivity contribution in [3.63, 3.8) is 0 Å². The summed E-state index contributed by atoms with van der Waals surface area (Å²) in [4.78, 5) is 8.81. The third kappa shape index (κ3) is 4.94. The van der Waals surface area contributed by atoms with E-state index < -0.39 is 0 Å². The number of nitrogens with zero attached hydrogens (tertiary/aromatic N) is 2. The van der Waals surface area contributed by atoms with Gasteiger partial charge in [-0.2, -0.15) is 0 Å². The molecule has 0 bridgehead atoms. The van der Waals surface area contributed by atoms with E-state index in [9.17, 15) is 5.11 Å². The molecule has 122 valence electrons. The lowest BCUT2D eigenvalue weighted by Crippen LogP contribution is -2.27. The highest BCUT2D eigenvalue weighted by Gasteiger charge is 2.22. The molecule has 1 aliphatic carbocycles. The molecule has 23 heavy (non-hydrogen) atoms. The Balaban J connectivity index is 1.50. The van der Waals surface area contributed by atoms with Gasteiger partial charge in [0.05, 0.1) is 18.5 Å². The fourth-order valence-corrected chi connectivity index (χ4v) is 3.76. The summed E-state index contributed by atoms with van der Waals surface area (Å²) in [6.07, 6.45) is 7.98. The molecule has 0 spiro atoms. The predicted octanol–water partition coefficient (Wildman–Crippen LogP) is 3.73. The largest absolute Gasteiger partial charge is 0.391 e. The van der Waals surface area contributed by atoms with Gasteiger partial charge < -0.3 is 10.4 Å². The van der Waals surface area contributed by atoms with Crippen LogP contribution in [0.2, 0.25) is 0 Å². The molecule has 1 unspecified atom stereocenters. The van der Waals surface area contributed by atoms with Crippen molar-refractivity contribution >= 4 is 17.6 Å². The topological polar surface area (TPSA) is 58.0 Å². The number of anilines is 1. The number of aromatic nitrogens is 2. The molecule has 1 aromatic heterocycles. The summed E-state index contributed by atoms with van der Waals surface area (Å²) < 4.78 is 0. The number of benzene rings is 1. The average molecular weight is 329 g/mol. The van der Waals surface area contributed by atoms with E-state index in [0.717, 1.165) is 29.4 Å². The molecule has 1 atom stereocenters. The highest BCUT2D eigenvalue weighted by molar-refractivity contribution is 7.98. The van der Waals surface area contributed by atoms with Crippen LogP contribution in [0.15, 0.2) is 47.8 Å². The van der Waals surface area contributed by atoms with Gasteiger partial charge in [0.2, 0.25) is 0 Å². The van der Waals surface area contributed by atoms with Crippen LogP contribution in [0.4, 0.5) is 5.82 Å². The van der Waals surface area contributed by atoms with E-state index in [1.807, 2.05) is 18.2 Å². The first kappa shape index (κ1) is 16.3.